The summed E-state index contributed by atoms with van der Waals surface area (Å²) in [4.78, 5) is 14.4. The number of rotatable bonds is 3. The van der Waals surface area contributed by atoms with Crippen molar-refractivity contribution in [1.29, 1.82) is 0 Å². The topological polar surface area (TPSA) is 55.1 Å². The van der Waals surface area contributed by atoms with Crippen molar-refractivity contribution < 1.29 is 9.90 Å². The van der Waals surface area contributed by atoms with Crippen LogP contribution in [0.15, 0.2) is 24.8 Å². The highest BCUT2D eigenvalue weighted by molar-refractivity contribution is 6.08. The molecule has 4 nitrogen and oxygen atoms in total. The first-order valence-electron chi connectivity index (χ1n) is 3.67. The van der Waals surface area contributed by atoms with Gasteiger partial charge in [-0.25, -0.2) is 9.78 Å². The monoisotopic (exact) mass is 166 g/mol. The van der Waals surface area contributed by atoms with E-state index in [0.29, 0.717) is 6.42 Å². The van der Waals surface area contributed by atoms with Crippen molar-refractivity contribution in [3.05, 3.63) is 24.8 Å². The number of carboxylic acid groups (broad SMARTS) is 1. The van der Waals surface area contributed by atoms with Gasteiger partial charge in [-0.1, -0.05) is 13.0 Å². The smallest absolute Gasteiger partial charge is 0.352 e. The van der Waals surface area contributed by atoms with E-state index in [-0.39, 0.29) is 5.70 Å². The van der Waals surface area contributed by atoms with Gasteiger partial charge in [0.15, 0.2) is 0 Å². The quantitative estimate of drug-likeness (QED) is 0.687. The summed E-state index contributed by atoms with van der Waals surface area (Å²) in [6.45, 7) is 1.89. The molecule has 1 heterocycles. The second-order valence-electron chi connectivity index (χ2n) is 2.27. The van der Waals surface area contributed by atoms with Crippen LogP contribution in [0.1, 0.15) is 13.3 Å². The number of aromatic nitrogens is 2. The number of allylic oxidation sites excluding steroid dienone is 1. The zero-order valence-electron chi connectivity index (χ0n) is 6.77. The normalized spacial score (nSPS) is 11.6. The molecule has 0 aliphatic carbocycles. The average Bonchev–Trinajstić information content (AvgIpc) is 2.51. The third kappa shape index (κ3) is 1.72. The Labute approximate surface area is 70.2 Å². The van der Waals surface area contributed by atoms with Gasteiger partial charge >= 0.3 is 5.97 Å². The lowest BCUT2D eigenvalue weighted by atomic mass is 10.3. The lowest BCUT2D eigenvalue weighted by Gasteiger charge is -2.00. The third-order valence-electron chi connectivity index (χ3n) is 1.40. The molecule has 0 radical (unpaired) electrons. The zero-order valence-corrected chi connectivity index (χ0v) is 6.77. The summed E-state index contributed by atoms with van der Waals surface area (Å²) in [5.74, 6) is -0.935. The van der Waals surface area contributed by atoms with Crippen LogP contribution in [0.25, 0.3) is 5.70 Å². The molecule has 0 aromatic carbocycles. The summed E-state index contributed by atoms with van der Waals surface area (Å²) >= 11 is 0. The minimum atomic E-state index is -0.935. The lowest BCUT2D eigenvalue weighted by molar-refractivity contribution is -0.130. The molecule has 0 amide bonds. The predicted molar refractivity (Wildman–Crippen MR) is 44.4 cm³/mol. The summed E-state index contributed by atoms with van der Waals surface area (Å²) in [5, 5.41) is 8.76. The van der Waals surface area contributed by atoms with Crippen LogP contribution in [0.5, 0.6) is 0 Å². The molecule has 0 bridgehead atoms. The molecule has 64 valence electrons. The predicted octanol–water partition coefficient (Wildman–Crippen LogP) is 1.22. The van der Waals surface area contributed by atoms with Crippen LogP contribution < -0.4 is 0 Å². The molecule has 0 atom stereocenters. The summed E-state index contributed by atoms with van der Waals surface area (Å²) in [6, 6.07) is 0. The van der Waals surface area contributed by atoms with Gasteiger partial charge in [0.2, 0.25) is 0 Å². The van der Waals surface area contributed by atoms with Gasteiger partial charge in [0, 0.05) is 12.4 Å². The number of carbonyl (C=O) groups is 1. The largest absolute Gasteiger partial charge is 0.477 e. The van der Waals surface area contributed by atoms with E-state index in [9.17, 15) is 4.79 Å². The molecule has 1 aromatic heterocycles. The van der Waals surface area contributed by atoms with Crippen LogP contribution in [0.3, 0.4) is 0 Å². The van der Waals surface area contributed by atoms with Crippen LogP contribution >= 0.6 is 0 Å². The highest BCUT2D eigenvalue weighted by Crippen LogP contribution is 2.04. The van der Waals surface area contributed by atoms with Crippen molar-refractivity contribution >= 4 is 11.7 Å². The van der Waals surface area contributed by atoms with E-state index >= 15 is 0 Å². The molecule has 1 rings (SSSR count). The molecular weight excluding hydrogens is 156 g/mol. The molecule has 0 unspecified atom stereocenters. The third-order valence-corrected chi connectivity index (χ3v) is 1.40. The number of imidazole rings is 1. The highest BCUT2D eigenvalue weighted by atomic mass is 16.4. The Kier molecular flexibility index (Phi) is 2.63. The van der Waals surface area contributed by atoms with Gasteiger partial charge in [0.25, 0.3) is 0 Å². The minimum absolute atomic E-state index is 0.245. The molecule has 0 saturated heterocycles. The first kappa shape index (κ1) is 8.52. The van der Waals surface area contributed by atoms with Crippen molar-refractivity contribution in [2.75, 3.05) is 0 Å². The Balaban J connectivity index is 2.96. The van der Waals surface area contributed by atoms with Gasteiger partial charge in [-0.15, -0.1) is 0 Å². The van der Waals surface area contributed by atoms with Crippen molar-refractivity contribution in [2.45, 2.75) is 13.3 Å². The van der Waals surface area contributed by atoms with Crippen LogP contribution in [-0.2, 0) is 4.79 Å². The first-order valence-corrected chi connectivity index (χ1v) is 3.67. The maximum absolute atomic E-state index is 10.7. The number of nitrogens with zero attached hydrogens (tertiary/aromatic N) is 2. The highest BCUT2D eigenvalue weighted by Gasteiger charge is 2.06. The summed E-state index contributed by atoms with van der Waals surface area (Å²) in [6.07, 6.45) is 6.96. The fraction of sp³-hybridized carbons (Fsp3) is 0.250. The van der Waals surface area contributed by atoms with Crippen LogP contribution in [0, 0.1) is 0 Å². The average molecular weight is 166 g/mol. The second kappa shape index (κ2) is 3.71. The van der Waals surface area contributed by atoms with Crippen molar-refractivity contribution in [3.63, 3.8) is 0 Å². The van der Waals surface area contributed by atoms with Gasteiger partial charge < -0.3 is 9.67 Å². The molecule has 4 heteroatoms. The van der Waals surface area contributed by atoms with Crippen LogP contribution in [-0.4, -0.2) is 20.6 Å². The summed E-state index contributed by atoms with van der Waals surface area (Å²) < 4.78 is 1.48. The SMILES string of the molecule is CCC=C(C(=O)O)n1ccnc1. The van der Waals surface area contributed by atoms with Gasteiger partial charge in [-0.2, -0.15) is 0 Å². The molecule has 0 aliphatic rings. The standard InChI is InChI=1S/C8H10N2O2/c1-2-3-7(8(11)12)10-5-4-9-6-10/h3-6H,2H2,1H3,(H,11,12). The van der Waals surface area contributed by atoms with E-state index in [4.69, 9.17) is 5.11 Å². The molecule has 1 aromatic rings. The van der Waals surface area contributed by atoms with Gasteiger partial charge in [-0.3, -0.25) is 0 Å². The summed E-state index contributed by atoms with van der Waals surface area (Å²) in [7, 11) is 0. The number of hydrogen-bond donors (Lipinski definition) is 1. The van der Waals surface area contributed by atoms with E-state index in [1.54, 1.807) is 18.5 Å². The van der Waals surface area contributed by atoms with E-state index in [2.05, 4.69) is 4.98 Å². The first-order chi connectivity index (χ1) is 5.75. The van der Waals surface area contributed by atoms with E-state index in [1.165, 1.54) is 10.9 Å². The Morgan fingerprint density at radius 2 is 2.50 bits per heavy atom. The van der Waals surface area contributed by atoms with Crippen molar-refractivity contribution in [3.8, 4) is 0 Å². The Bertz CT molecular complexity index is 288. The number of hydrogen-bond acceptors (Lipinski definition) is 2. The Morgan fingerprint density at radius 1 is 1.75 bits per heavy atom. The summed E-state index contributed by atoms with van der Waals surface area (Å²) in [5.41, 5.74) is 0.245. The molecule has 0 aliphatic heterocycles. The Morgan fingerprint density at radius 3 is 2.92 bits per heavy atom. The van der Waals surface area contributed by atoms with Crippen LogP contribution in [0.4, 0.5) is 0 Å². The maximum Gasteiger partial charge on any atom is 0.352 e. The zero-order chi connectivity index (χ0) is 8.97. The fourth-order valence-corrected chi connectivity index (χ4v) is 0.898. The number of carboxylic acids is 1. The van der Waals surface area contributed by atoms with Crippen molar-refractivity contribution in [1.82, 2.24) is 9.55 Å². The van der Waals surface area contributed by atoms with Gasteiger partial charge in [-0.05, 0) is 6.42 Å². The van der Waals surface area contributed by atoms with Gasteiger partial charge in [0.1, 0.15) is 5.70 Å². The minimum Gasteiger partial charge on any atom is -0.477 e. The molecular formula is C8H10N2O2. The Hall–Kier alpha value is -1.58. The molecule has 0 fully saturated rings. The van der Waals surface area contributed by atoms with Crippen molar-refractivity contribution in [2.24, 2.45) is 0 Å². The maximum atomic E-state index is 10.7. The van der Waals surface area contributed by atoms with E-state index in [1.807, 2.05) is 6.92 Å². The molecule has 1 N–H and O–H groups in total. The van der Waals surface area contributed by atoms with Gasteiger partial charge in [0.05, 0.1) is 6.33 Å². The fourth-order valence-electron chi connectivity index (χ4n) is 0.898. The molecule has 0 spiro atoms. The molecule has 12 heavy (non-hydrogen) atoms. The van der Waals surface area contributed by atoms with Crippen LogP contribution in [0.2, 0.25) is 0 Å². The van der Waals surface area contributed by atoms with E-state index in [0.717, 1.165) is 0 Å². The lowest BCUT2D eigenvalue weighted by Crippen LogP contribution is -2.05. The number of aliphatic carboxylic acids is 1. The van der Waals surface area contributed by atoms with E-state index < -0.39 is 5.97 Å². The second-order valence-corrected chi connectivity index (χ2v) is 2.27. The molecule has 0 saturated carbocycles.